The van der Waals surface area contributed by atoms with Crippen LogP contribution in [-0.4, -0.2) is 23.2 Å². The maximum absolute atomic E-state index is 12.1. The van der Waals surface area contributed by atoms with Crippen LogP contribution in [-0.2, 0) is 11.2 Å². The molecule has 3 N–H and O–H groups in total. The predicted octanol–water partition coefficient (Wildman–Crippen LogP) is 3.36. The lowest BCUT2D eigenvalue weighted by Crippen LogP contribution is -2.19. The summed E-state index contributed by atoms with van der Waals surface area (Å²) < 4.78 is 6.61. The number of hydrazone groups is 1. The quantitative estimate of drug-likeness (QED) is 0.516. The van der Waals surface area contributed by atoms with Crippen LogP contribution < -0.4 is 15.9 Å². The molecule has 0 saturated carbocycles. The third-order valence-electron chi connectivity index (χ3n) is 3.47. The van der Waals surface area contributed by atoms with Gasteiger partial charge in [-0.1, -0.05) is 29.5 Å². The van der Waals surface area contributed by atoms with Crippen LogP contribution >= 0.6 is 11.3 Å². The van der Waals surface area contributed by atoms with Crippen LogP contribution in [0.3, 0.4) is 0 Å². The first kappa shape index (κ1) is 17.9. The Labute approximate surface area is 155 Å². The molecule has 2 aromatic carbocycles. The minimum atomic E-state index is -0.187. The number of thiazole rings is 1. The fraction of sp³-hybridized carbons (Fsp3) is 0.211. The number of nitrogen functional groups attached to an aromatic ring is 1. The molecular formula is C19H20N4O2S. The monoisotopic (exact) mass is 368 g/mol. The maximum atomic E-state index is 12.1. The second kappa shape index (κ2) is 7.97. The molecule has 3 aromatic rings. The van der Waals surface area contributed by atoms with E-state index in [4.69, 9.17) is 10.5 Å². The Morgan fingerprint density at radius 1 is 1.35 bits per heavy atom. The van der Waals surface area contributed by atoms with E-state index in [1.165, 1.54) is 11.3 Å². The Hall–Kier alpha value is -2.93. The highest BCUT2D eigenvalue weighted by molar-refractivity contribution is 7.22. The van der Waals surface area contributed by atoms with E-state index in [1.807, 2.05) is 56.3 Å². The fourth-order valence-electron chi connectivity index (χ4n) is 2.44. The number of hydrogen-bond acceptors (Lipinski definition) is 6. The molecule has 0 fully saturated rings. The number of carbonyl (C=O) groups excluding carboxylic acids is 1. The number of nitrogens with two attached hydrogens (primary N) is 1. The second-order valence-corrected chi connectivity index (χ2v) is 7.13. The normalized spacial score (nSPS) is 11.3. The standard InChI is InChI=1S/C19H20N4O2S/c1-12(2)25-15-5-3-4-14(8-15)11-21-23-18(24)10-13-6-7-16-17(9-13)26-19(20)22-16/h3-9,11-12H,10H2,1-2H3,(H2,20,22)(H,23,24)/b21-11-. The molecule has 1 amide bonds. The highest BCUT2D eigenvalue weighted by Crippen LogP contribution is 2.24. The van der Waals surface area contributed by atoms with Crippen molar-refractivity contribution in [2.75, 3.05) is 5.73 Å². The van der Waals surface area contributed by atoms with Gasteiger partial charge in [-0.2, -0.15) is 5.10 Å². The topological polar surface area (TPSA) is 89.6 Å². The molecule has 0 atom stereocenters. The molecule has 0 radical (unpaired) electrons. The van der Waals surface area contributed by atoms with Gasteiger partial charge in [0.25, 0.3) is 0 Å². The van der Waals surface area contributed by atoms with Gasteiger partial charge in [-0.25, -0.2) is 10.4 Å². The molecule has 0 unspecified atom stereocenters. The van der Waals surface area contributed by atoms with Crippen molar-refractivity contribution in [1.82, 2.24) is 10.4 Å². The van der Waals surface area contributed by atoms with Crippen LogP contribution in [0.4, 0.5) is 5.13 Å². The van der Waals surface area contributed by atoms with Gasteiger partial charge in [0.05, 0.1) is 29.0 Å². The van der Waals surface area contributed by atoms with Gasteiger partial charge >= 0.3 is 0 Å². The molecule has 7 heteroatoms. The number of aromatic nitrogens is 1. The van der Waals surface area contributed by atoms with Crippen molar-refractivity contribution in [2.24, 2.45) is 5.10 Å². The summed E-state index contributed by atoms with van der Waals surface area (Å²) >= 11 is 1.41. The van der Waals surface area contributed by atoms with Crippen LogP contribution in [0.15, 0.2) is 47.6 Å². The molecule has 0 saturated heterocycles. The van der Waals surface area contributed by atoms with Crippen LogP contribution in [0.25, 0.3) is 10.2 Å². The van der Waals surface area contributed by atoms with Gasteiger partial charge in [0.1, 0.15) is 5.75 Å². The Morgan fingerprint density at radius 3 is 3.00 bits per heavy atom. The number of rotatable bonds is 6. The van der Waals surface area contributed by atoms with Crippen molar-refractivity contribution in [1.29, 1.82) is 0 Å². The number of fused-ring (bicyclic) bond motifs is 1. The van der Waals surface area contributed by atoms with Crippen molar-refractivity contribution in [2.45, 2.75) is 26.4 Å². The van der Waals surface area contributed by atoms with E-state index in [-0.39, 0.29) is 18.4 Å². The van der Waals surface area contributed by atoms with Gasteiger partial charge in [0, 0.05) is 0 Å². The summed E-state index contributed by atoms with van der Waals surface area (Å²) in [5.41, 5.74) is 10.8. The molecule has 3 rings (SSSR count). The third-order valence-corrected chi connectivity index (χ3v) is 4.31. The number of nitrogens with one attached hydrogen (secondary N) is 1. The second-order valence-electron chi connectivity index (χ2n) is 6.06. The zero-order valence-electron chi connectivity index (χ0n) is 14.6. The van der Waals surface area contributed by atoms with Gasteiger partial charge in [-0.15, -0.1) is 0 Å². The smallest absolute Gasteiger partial charge is 0.244 e. The van der Waals surface area contributed by atoms with Crippen molar-refractivity contribution in [3.63, 3.8) is 0 Å². The molecule has 134 valence electrons. The highest BCUT2D eigenvalue weighted by Gasteiger charge is 2.06. The summed E-state index contributed by atoms with van der Waals surface area (Å²) in [5, 5.41) is 4.54. The minimum absolute atomic E-state index is 0.105. The largest absolute Gasteiger partial charge is 0.491 e. The predicted molar refractivity (Wildman–Crippen MR) is 106 cm³/mol. The van der Waals surface area contributed by atoms with E-state index < -0.39 is 0 Å². The number of ether oxygens (including phenoxy) is 1. The highest BCUT2D eigenvalue weighted by atomic mass is 32.1. The lowest BCUT2D eigenvalue weighted by Gasteiger charge is -2.09. The van der Waals surface area contributed by atoms with E-state index in [0.29, 0.717) is 5.13 Å². The molecule has 6 nitrogen and oxygen atoms in total. The van der Waals surface area contributed by atoms with Crippen LogP contribution in [0, 0.1) is 0 Å². The van der Waals surface area contributed by atoms with E-state index in [2.05, 4.69) is 15.5 Å². The maximum Gasteiger partial charge on any atom is 0.244 e. The molecule has 0 aliphatic carbocycles. The first-order valence-electron chi connectivity index (χ1n) is 8.23. The van der Waals surface area contributed by atoms with Gasteiger partial charge in [-0.3, -0.25) is 4.79 Å². The van der Waals surface area contributed by atoms with E-state index in [0.717, 1.165) is 27.1 Å². The average Bonchev–Trinajstić information content (AvgIpc) is 2.94. The number of anilines is 1. The summed E-state index contributed by atoms with van der Waals surface area (Å²) in [6.45, 7) is 3.94. The Morgan fingerprint density at radius 2 is 2.19 bits per heavy atom. The zero-order valence-corrected chi connectivity index (χ0v) is 15.4. The fourth-order valence-corrected chi connectivity index (χ4v) is 3.24. The molecule has 1 heterocycles. The number of carbonyl (C=O) groups is 1. The molecule has 0 aliphatic rings. The first-order chi connectivity index (χ1) is 12.5. The van der Waals surface area contributed by atoms with Crippen LogP contribution in [0.1, 0.15) is 25.0 Å². The van der Waals surface area contributed by atoms with E-state index in [9.17, 15) is 4.79 Å². The van der Waals surface area contributed by atoms with E-state index >= 15 is 0 Å². The number of nitrogens with zero attached hydrogens (tertiary/aromatic N) is 2. The third kappa shape index (κ3) is 4.80. The zero-order chi connectivity index (χ0) is 18.5. The van der Waals surface area contributed by atoms with Crippen molar-refractivity contribution in [3.8, 4) is 5.75 Å². The van der Waals surface area contributed by atoms with E-state index in [1.54, 1.807) is 6.21 Å². The number of amides is 1. The molecule has 0 spiro atoms. The minimum Gasteiger partial charge on any atom is -0.491 e. The lowest BCUT2D eigenvalue weighted by molar-refractivity contribution is -0.120. The summed E-state index contributed by atoms with van der Waals surface area (Å²) in [6.07, 6.45) is 1.94. The van der Waals surface area contributed by atoms with Crippen molar-refractivity contribution < 1.29 is 9.53 Å². The summed E-state index contributed by atoms with van der Waals surface area (Å²) in [5.74, 6) is 0.583. The van der Waals surface area contributed by atoms with Gasteiger partial charge < -0.3 is 10.5 Å². The molecule has 26 heavy (non-hydrogen) atoms. The molecule has 0 aliphatic heterocycles. The number of benzene rings is 2. The van der Waals surface area contributed by atoms with Gasteiger partial charge in [0.2, 0.25) is 5.91 Å². The summed E-state index contributed by atoms with van der Waals surface area (Å²) in [6, 6.07) is 13.2. The Bertz CT molecular complexity index is 950. The van der Waals surface area contributed by atoms with Crippen LogP contribution in [0.5, 0.6) is 5.75 Å². The first-order valence-corrected chi connectivity index (χ1v) is 9.05. The van der Waals surface area contributed by atoms with Gasteiger partial charge in [-0.05, 0) is 49.2 Å². The van der Waals surface area contributed by atoms with Crippen LogP contribution in [0.2, 0.25) is 0 Å². The Balaban J connectivity index is 1.58. The molecule has 1 aromatic heterocycles. The molecular weight excluding hydrogens is 348 g/mol. The van der Waals surface area contributed by atoms with Gasteiger partial charge in [0.15, 0.2) is 5.13 Å². The average molecular weight is 368 g/mol. The number of hydrogen-bond donors (Lipinski definition) is 2. The Kier molecular flexibility index (Phi) is 5.48. The lowest BCUT2D eigenvalue weighted by atomic mass is 10.1. The summed E-state index contributed by atoms with van der Waals surface area (Å²) in [7, 11) is 0. The summed E-state index contributed by atoms with van der Waals surface area (Å²) in [4.78, 5) is 16.3. The van der Waals surface area contributed by atoms with Crippen molar-refractivity contribution in [3.05, 3.63) is 53.6 Å². The SMILES string of the molecule is CC(C)Oc1cccc(/C=N\NC(=O)Cc2ccc3nc(N)sc3c2)c1. The molecule has 0 bridgehead atoms. The van der Waals surface area contributed by atoms with Crippen molar-refractivity contribution >= 4 is 38.8 Å².